The molecule has 0 heterocycles. The summed E-state index contributed by atoms with van der Waals surface area (Å²) in [7, 11) is -0.243. The molecule has 0 atom stereocenters. The van der Waals surface area contributed by atoms with Crippen molar-refractivity contribution in [1.29, 1.82) is 0 Å². The van der Waals surface area contributed by atoms with Crippen molar-refractivity contribution >= 4 is 32.6 Å². The van der Waals surface area contributed by atoms with Crippen molar-refractivity contribution in [2.24, 2.45) is 0 Å². The van der Waals surface area contributed by atoms with E-state index in [-0.39, 0.29) is 9.79 Å². The smallest absolute Gasteiger partial charge is 0.207 e. The number of hydrogen-bond donors (Lipinski definition) is 4. The molecule has 6 nitrogen and oxygen atoms in total. The van der Waals surface area contributed by atoms with Gasteiger partial charge in [0.25, 0.3) is 0 Å². The van der Waals surface area contributed by atoms with Crippen molar-refractivity contribution in [3.8, 4) is 22.3 Å². The molecule has 0 bridgehead atoms. The topological polar surface area (TPSA) is 110 Å². The van der Waals surface area contributed by atoms with Crippen molar-refractivity contribution in [3.05, 3.63) is 84.9 Å². The lowest BCUT2D eigenvalue weighted by Crippen LogP contribution is -2.07. The molecule has 0 aliphatic heterocycles. The van der Waals surface area contributed by atoms with E-state index in [1.54, 1.807) is 36.4 Å². The first kappa shape index (κ1) is 22.2. The van der Waals surface area contributed by atoms with E-state index in [0.29, 0.717) is 22.5 Å². The molecule has 7 heteroatoms. The lowest BCUT2D eigenvalue weighted by molar-refractivity contribution is 0.596. The average molecular weight is 459 g/mol. The lowest BCUT2D eigenvalue weighted by atomic mass is 10.0. The van der Waals surface area contributed by atoms with Gasteiger partial charge in [0.15, 0.2) is 0 Å². The highest BCUT2D eigenvalue weighted by Crippen LogP contribution is 2.38. The number of benzene rings is 4. The second-order valence-corrected chi connectivity index (χ2v) is 9.56. The summed E-state index contributed by atoms with van der Waals surface area (Å²) in [6, 6.07) is 24.8. The second-order valence-electron chi connectivity index (χ2n) is 7.67. The Morgan fingerprint density at radius 2 is 0.939 bits per heavy atom. The highest BCUT2D eigenvalue weighted by Gasteiger charge is 2.26. The van der Waals surface area contributed by atoms with Crippen molar-refractivity contribution < 1.29 is 8.42 Å². The van der Waals surface area contributed by atoms with Gasteiger partial charge in [-0.15, -0.1) is 0 Å². The molecule has 168 valence electrons. The third kappa shape index (κ3) is 4.36. The molecule has 4 aromatic rings. The van der Waals surface area contributed by atoms with E-state index in [9.17, 15) is 8.42 Å². The summed E-state index contributed by atoms with van der Waals surface area (Å²) in [5.74, 6) is 0. The molecular formula is C26H26N4O2S. The minimum Gasteiger partial charge on any atom is -0.399 e. The van der Waals surface area contributed by atoms with Gasteiger partial charge in [-0.3, -0.25) is 0 Å². The number of nitrogen functional groups attached to an aromatic ring is 2. The molecule has 4 rings (SSSR count). The summed E-state index contributed by atoms with van der Waals surface area (Å²) in [6.07, 6.45) is 0. The van der Waals surface area contributed by atoms with Gasteiger partial charge >= 0.3 is 0 Å². The highest BCUT2D eigenvalue weighted by atomic mass is 32.2. The summed E-state index contributed by atoms with van der Waals surface area (Å²) in [6.45, 7) is 0. The van der Waals surface area contributed by atoms with Crippen LogP contribution in [-0.4, -0.2) is 22.5 Å². The zero-order valence-electron chi connectivity index (χ0n) is 18.5. The van der Waals surface area contributed by atoms with Crippen LogP contribution in [0.2, 0.25) is 0 Å². The largest absolute Gasteiger partial charge is 0.399 e. The fraction of sp³-hybridized carbons (Fsp3) is 0.0769. The molecule has 0 saturated heterocycles. The number of sulfone groups is 1. The Kier molecular flexibility index (Phi) is 5.98. The molecule has 4 aromatic carbocycles. The molecule has 0 fully saturated rings. The van der Waals surface area contributed by atoms with Crippen LogP contribution in [0.15, 0.2) is 94.7 Å². The zero-order valence-corrected chi connectivity index (χ0v) is 19.3. The van der Waals surface area contributed by atoms with Gasteiger partial charge in [-0.25, -0.2) is 8.42 Å². The van der Waals surface area contributed by atoms with Crippen LogP contribution < -0.4 is 22.1 Å². The average Bonchev–Trinajstić information content (AvgIpc) is 2.83. The Morgan fingerprint density at radius 1 is 0.576 bits per heavy atom. The summed E-state index contributed by atoms with van der Waals surface area (Å²) in [5, 5.41) is 6.14. The Bertz CT molecular complexity index is 1290. The van der Waals surface area contributed by atoms with Gasteiger partial charge in [0.2, 0.25) is 9.84 Å². The predicted molar refractivity (Wildman–Crippen MR) is 137 cm³/mol. The van der Waals surface area contributed by atoms with Crippen molar-refractivity contribution in [2.45, 2.75) is 9.79 Å². The highest BCUT2D eigenvalue weighted by molar-refractivity contribution is 7.91. The lowest BCUT2D eigenvalue weighted by Gasteiger charge is -2.16. The normalized spacial score (nSPS) is 11.2. The summed E-state index contributed by atoms with van der Waals surface area (Å²) < 4.78 is 28.0. The van der Waals surface area contributed by atoms with Crippen LogP contribution >= 0.6 is 0 Å². The van der Waals surface area contributed by atoms with Gasteiger partial charge in [-0.05, 0) is 71.8 Å². The molecule has 6 N–H and O–H groups in total. The molecule has 0 spiro atoms. The van der Waals surface area contributed by atoms with Crippen molar-refractivity contribution in [2.75, 3.05) is 36.2 Å². The Morgan fingerprint density at radius 3 is 1.27 bits per heavy atom. The Balaban J connectivity index is 1.91. The van der Waals surface area contributed by atoms with E-state index >= 15 is 0 Å². The van der Waals surface area contributed by atoms with Crippen LogP contribution in [0.25, 0.3) is 22.3 Å². The maximum Gasteiger partial charge on any atom is 0.207 e. The summed E-state index contributed by atoms with van der Waals surface area (Å²) in [4.78, 5) is 0.374. The minimum atomic E-state index is -3.90. The van der Waals surface area contributed by atoms with Crippen LogP contribution in [0, 0.1) is 0 Å². The van der Waals surface area contributed by atoms with Gasteiger partial charge in [0, 0.05) is 48.0 Å². The van der Waals surface area contributed by atoms with Gasteiger partial charge in [0.1, 0.15) is 0 Å². The minimum absolute atomic E-state index is 0.187. The number of anilines is 4. The maximum atomic E-state index is 14.0. The third-order valence-corrected chi connectivity index (χ3v) is 7.43. The summed E-state index contributed by atoms with van der Waals surface area (Å²) in [5.41, 5.74) is 17.5. The van der Waals surface area contributed by atoms with E-state index < -0.39 is 9.84 Å². The van der Waals surface area contributed by atoms with E-state index in [4.69, 9.17) is 11.5 Å². The fourth-order valence-corrected chi connectivity index (χ4v) is 5.43. The number of rotatable bonds is 6. The molecule has 33 heavy (non-hydrogen) atoms. The number of nitrogens with one attached hydrogen (secondary N) is 2. The SMILES string of the molecule is CNc1ccc(-c2cc(N)ccc2S(=O)(=O)c2ccc(N)cc2-c2ccc(NC)cc2)cc1. The molecule has 0 aromatic heterocycles. The monoisotopic (exact) mass is 458 g/mol. The van der Waals surface area contributed by atoms with Crippen LogP contribution in [0.1, 0.15) is 0 Å². The zero-order chi connectivity index (χ0) is 23.6. The standard InChI is InChI=1S/C26H26N4O2S/c1-29-21-9-3-17(4-10-21)23-15-19(27)7-13-25(23)33(31,32)26-14-8-20(28)16-24(26)18-5-11-22(30-2)12-6-18/h3-16,29-30H,27-28H2,1-2H3. The third-order valence-electron chi connectivity index (χ3n) is 5.56. The number of nitrogens with two attached hydrogens (primary N) is 2. The molecule has 0 amide bonds. The van der Waals surface area contributed by atoms with Crippen LogP contribution in [0.4, 0.5) is 22.7 Å². The maximum absolute atomic E-state index is 14.0. The fourth-order valence-electron chi connectivity index (χ4n) is 3.77. The van der Waals surface area contributed by atoms with Crippen LogP contribution in [0.5, 0.6) is 0 Å². The molecule has 0 radical (unpaired) electrons. The van der Waals surface area contributed by atoms with Gasteiger partial charge in [-0.1, -0.05) is 24.3 Å². The molecule has 0 unspecified atom stereocenters. The Labute approximate surface area is 194 Å². The first-order valence-electron chi connectivity index (χ1n) is 10.4. The first-order chi connectivity index (χ1) is 15.8. The second kappa shape index (κ2) is 8.88. The van der Waals surface area contributed by atoms with Crippen molar-refractivity contribution in [3.63, 3.8) is 0 Å². The predicted octanol–water partition coefficient (Wildman–Crippen LogP) is 5.10. The first-order valence-corrected chi connectivity index (χ1v) is 11.9. The van der Waals surface area contributed by atoms with E-state index in [2.05, 4.69) is 10.6 Å². The van der Waals surface area contributed by atoms with E-state index in [0.717, 1.165) is 22.5 Å². The molecule has 0 saturated carbocycles. The quantitative estimate of drug-likeness (QED) is 0.299. The Hall–Kier alpha value is -3.97. The van der Waals surface area contributed by atoms with E-state index in [1.807, 2.05) is 62.6 Å². The molecular weight excluding hydrogens is 432 g/mol. The van der Waals surface area contributed by atoms with E-state index in [1.165, 1.54) is 0 Å². The van der Waals surface area contributed by atoms with Gasteiger partial charge in [0.05, 0.1) is 9.79 Å². The number of hydrogen-bond acceptors (Lipinski definition) is 6. The van der Waals surface area contributed by atoms with Crippen LogP contribution in [0.3, 0.4) is 0 Å². The van der Waals surface area contributed by atoms with Gasteiger partial charge < -0.3 is 22.1 Å². The van der Waals surface area contributed by atoms with Crippen LogP contribution in [-0.2, 0) is 9.84 Å². The molecule has 0 aliphatic carbocycles. The molecule has 0 aliphatic rings. The van der Waals surface area contributed by atoms with Gasteiger partial charge in [-0.2, -0.15) is 0 Å². The van der Waals surface area contributed by atoms with Crippen molar-refractivity contribution in [1.82, 2.24) is 0 Å². The summed E-state index contributed by atoms with van der Waals surface area (Å²) >= 11 is 0.